The van der Waals surface area contributed by atoms with Crippen molar-refractivity contribution in [3.8, 4) is 0 Å². The van der Waals surface area contributed by atoms with Crippen LogP contribution in [0.15, 0.2) is 24.8 Å². The normalized spacial score (nSPS) is 9.80. The molecule has 0 radical (unpaired) electrons. The Morgan fingerprint density at radius 3 is 2.73 bits per heavy atom. The van der Waals surface area contributed by atoms with Gasteiger partial charge in [0.1, 0.15) is 5.83 Å². The lowest BCUT2D eigenvalue weighted by Gasteiger charge is -2.04. The molecule has 80 valence electrons. The summed E-state index contributed by atoms with van der Waals surface area (Å²) in [6.45, 7) is 3.16. The van der Waals surface area contributed by atoms with Gasteiger partial charge in [-0.25, -0.2) is 4.39 Å². The monoisotopic (exact) mass is 228 g/mol. The third-order valence-electron chi connectivity index (χ3n) is 1.93. The first kappa shape index (κ1) is 11.7. The van der Waals surface area contributed by atoms with Crippen molar-refractivity contribution in [1.82, 2.24) is 0 Å². The standard InChI is InChI=1S/C11H10ClFO2/c1-7(13)8-3-4-9(10(12)5-8)6-11(14)15-2/h3-5H,1,6H2,2H3. The summed E-state index contributed by atoms with van der Waals surface area (Å²) in [4.78, 5) is 11.0. The Labute approximate surface area is 92.3 Å². The van der Waals surface area contributed by atoms with E-state index in [2.05, 4.69) is 11.3 Å². The molecule has 0 aliphatic carbocycles. The summed E-state index contributed by atoms with van der Waals surface area (Å²) in [5, 5.41) is 0.330. The molecule has 0 aliphatic rings. The van der Waals surface area contributed by atoms with Gasteiger partial charge in [-0.3, -0.25) is 4.79 Å². The lowest BCUT2D eigenvalue weighted by atomic mass is 10.1. The second-order valence-electron chi connectivity index (χ2n) is 2.96. The van der Waals surface area contributed by atoms with Crippen LogP contribution < -0.4 is 0 Å². The molecular formula is C11H10ClFO2. The molecule has 1 rings (SSSR count). The Morgan fingerprint density at radius 1 is 1.60 bits per heavy atom. The molecule has 0 aliphatic heterocycles. The van der Waals surface area contributed by atoms with Crippen LogP contribution in [0.1, 0.15) is 11.1 Å². The summed E-state index contributed by atoms with van der Waals surface area (Å²) < 4.78 is 17.2. The number of hydrogen-bond acceptors (Lipinski definition) is 2. The van der Waals surface area contributed by atoms with Crippen LogP contribution in [-0.2, 0) is 16.0 Å². The van der Waals surface area contributed by atoms with Crippen molar-refractivity contribution in [2.75, 3.05) is 7.11 Å². The van der Waals surface area contributed by atoms with Crippen LogP contribution in [0.5, 0.6) is 0 Å². The second-order valence-corrected chi connectivity index (χ2v) is 3.37. The molecular weight excluding hydrogens is 219 g/mol. The van der Waals surface area contributed by atoms with E-state index in [0.29, 0.717) is 16.1 Å². The third kappa shape index (κ3) is 3.06. The summed E-state index contributed by atoms with van der Waals surface area (Å²) in [5.74, 6) is -0.940. The van der Waals surface area contributed by atoms with Gasteiger partial charge in [0, 0.05) is 10.6 Å². The van der Waals surface area contributed by atoms with E-state index in [-0.39, 0.29) is 12.4 Å². The maximum absolute atomic E-state index is 12.7. The SMILES string of the molecule is C=C(F)c1ccc(CC(=O)OC)c(Cl)c1. The number of ether oxygens (including phenoxy) is 1. The molecule has 0 heterocycles. The van der Waals surface area contributed by atoms with Crippen molar-refractivity contribution in [2.24, 2.45) is 0 Å². The Bertz CT molecular complexity index is 402. The van der Waals surface area contributed by atoms with Gasteiger partial charge in [-0.15, -0.1) is 0 Å². The molecule has 0 N–H and O–H groups in total. The Hall–Kier alpha value is -1.35. The lowest BCUT2D eigenvalue weighted by molar-refractivity contribution is -0.139. The highest BCUT2D eigenvalue weighted by Crippen LogP contribution is 2.23. The van der Waals surface area contributed by atoms with Crippen LogP contribution in [0.25, 0.3) is 5.83 Å². The van der Waals surface area contributed by atoms with E-state index in [4.69, 9.17) is 11.6 Å². The van der Waals surface area contributed by atoms with E-state index in [1.807, 2.05) is 0 Å². The van der Waals surface area contributed by atoms with Crippen molar-refractivity contribution in [1.29, 1.82) is 0 Å². The summed E-state index contributed by atoms with van der Waals surface area (Å²) in [6, 6.07) is 4.54. The smallest absolute Gasteiger partial charge is 0.310 e. The summed E-state index contributed by atoms with van der Waals surface area (Å²) in [6.07, 6.45) is 0.0778. The Balaban J connectivity index is 2.93. The van der Waals surface area contributed by atoms with Crippen molar-refractivity contribution in [3.63, 3.8) is 0 Å². The van der Waals surface area contributed by atoms with E-state index in [1.54, 1.807) is 6.07 Å². The molecule has 15 heavy (non-hydrogen) atoms. The fourth-order valence-corrected chi connectivity index (χ4v) is 1.33. The highest BCUT2D eigenvalue weighted by atomic mass is 35.5. The van der Waals surface area contributed by atoms with E-state index in [9.17, 15) is 9.18 Å². The van der Waals surface area contributed by atoms with Crippen molar-refractivity contribution < 1.29 is 13.9 Å². The molecule has 0 aromatic heterocycles. The number of esters is 1. The lowest BCUT2D eigenvalue weighted by Crippen LogP contribution is -2.04. The number of benzene rings is 1. The molecule has 2 nitrogen and oxygen atoms in total. The van der Waals surface area contributed by atoms with E-state index >= 15 is 0 Å². The van der Waals surface area contributed by atoms with Gasteiger partial charge in [-0.05, 0) is 11.6 Å². The first-order chi connectivity index (χ1) is 7.04. The van der Waals surface area contributed by atoms with Crippen molar-refractivity contribution >= 4 is 23.4 Å². The predicted octanol–water partition coefficient (Wildman–Crippen LogP) is 3.00. The average Bonchev–Trinajstić information content (AvgIpc) is 2.20. The van der Waals surface area contributed by atoms with Gasteiger partial charge in [0.2, 0.25) is 0 Å². The average molecular weight is 229 g/mol. The highest BCUT2D eigenvalue weighted by molar-refractivity contribution is 6.31. The van der Waals surface area contributed by atoms with Crippen LogP contribution >= 0.6 is 11.6 Å². The van der Waals surface area contributed by atoms with E-state index < -0.39 is 5.83 Å². The predicted molar refractivity (Wildman–Crippen MR) is 57.3 cm³/mol. The summed E-state index contributed by atoms with van der Waals surface area (Å²) in [5.41, 5.74) is 0.919. The van der Waals surface area contributed by atoms with Crippen LogP contribution in [-0.4, -0.2) is 13.1 Å². The summed E-state index contributed by atoms with van der Waals surface area (Å²) >= 11 is 5.86. The summed E-state index contributed by atoms with van der Waals surface area (Å²) in [7, 11) is 1.30. The van der Waals surface area contributed by atoms with Gasteiger partial charge in [0.15, 0.2) is 0 Å². The van der Waals surface area contributed by atoms with Crippen molar-refractivity contribution in [2.45, 2.75) is 6.42 Å². The van der Waals surface area contributed by atoms with Gasteiger partial charge in [0.25, 0.3) is 0 Å². The van der Waals surface area contributed by atoms with Crippen LogP contribution in [0, 0.1) is 0 Å². The van der Waals surface area contributed by atoms with Gasteiger partial charge in [-0.1, -0.05) is 30.3 Å². The molecule has 0 spiro atoms. The van der Waals surface area contributed by atoms with Gasteiger partial charge >= 0.3 is 5.97 Å². The molecule has 0 saturated heterocycles. The minimum atomic E-state index is -0.554. The van der Waals surface area contributed by atoms with Crippen molar-refractivity contribution in [3.05, 3.63) is 40.9 Å². The minimum absolute atomic E-state index is 0.0778. The molecule has 0 saturated carbocycles. The largest absolute Gasteiger partial charge is 0.469 e. The zero-order valence-electron chi connectivity index (χ0n) is 8.22. The zero-order chi connectivity index (χ0) is 11.4. The fourth-order valence-electron chi connectivity index (χ4n) is 1.09. The Kier molecular flexibility index (Phi) is 3.86. The van der Waals surface area contributed by atoms with Crippen LogP contribution in [0.3, 0.4) is 0 Å². The molecule has 0 bridgehead atoms. The quantitative estimate of drug-likeness (QED) is 0.744. The number of carbonyl (C=O) groups is 1. The molecule has 0 unspecified atom stereocenters. The third-order valence-corrected chi connectivity index (χ3v) is 2.28. The second kappa shape index (κ2) is 4.94. The molecule has 1 aromatic carbocycles. The number of rotatable bonds is 3. The first-order valence-electron chi connectivity index (χ1n) is 4.24. The maximum atomic E-state index is 12.7. The van der Waals surface area contributed by atoms with Crippen LogP contribution in [0.4, 0.5) is 4.39 Å². The molecule has 1 aromatic rings. The number of carbonyl (C=O) groups excluding carboxylic acids is 1. The number of methoxy groups -OCH3 is 1. The van der Waals surface area contributed by atoms with Gasteiger partial charge in [0.05, 0.1) is 13.5 Å². The fraction of sp³-hybridized carbons (Fsp3) is 0.182. The van der Waals surface area contributed by atoms with Gasteiger partial charge < -0.3 is 4.74 Å². The maximum Gasteiger partial charge on any atom is 0.310 e. The first-order valence-corrected chi connectivity index (χ1v) is 4.62. The topological polar surface area (TPSA) is 26.3 Å². The van der Waals surface area contributed by atoms with Crippen LogP contribution in [0.2, 0.25) is 5.02 Å². The molecule has 4 heteroatoms. The number of halogens is 2. The zero-order valence-corrected chi connectivity index (χ0v) is 8.97. The van der Waals surface area contributed by atoms with E-state index in [1.165, 1.54) is 19.2 Å². The number of hydrogen-bond donors (Lipinski definition) is 0. The molecule has 0 atom stereocenters. The van der Waals surface area contributed by atoms with E-state index in [0.717, 1.165) is 0 Å². The highest BCUT2D eigenvalue weighted by Gasteiger charge is 2.08. The molecule has 0 fully saturated rings. The minimum Gasteiger partial charge on any atom is -0.469 e. The van der Waals surface area contributed by atoms with Gasteiger partial charge in [-0.2, -0.15) is 0 Å². The molecule has 0 amide bonds. The Morgan fingerprint density at radius 2 is 2.27 bits per heavy atom.